The Morgan fingerprint density at radius 1 is 1.42 bits per heavy atom. The molecule has 0 aliphatic carbocycles. The van der Waals surface area contributed by atoms with Gasteiger partial charge in [-0.05, 0) is 52.8 Å². The summed E-state index contributed by atoms with van der Waals surface area (Å²) in [5, 5.41) is 3.31. The Morgan fingerprint density at radius 3 is 3.08 bits per heavy atom. The molecule has 1 heterocycles. The summed E-state index contributed by atoms with van der Waals surface area (Å²) in [7, 11) is 0. The highest BCUT2D eigenvalue weighted by Crippen LogP contribution is 2.25. The van der Waals surface area contributed by atoms with Gasteiger partial charge in [-0.3, -0.25) is 0 Å². The molecule has 0 saturated carbocycles. The number of fused-ring (bicyclic) bond motifs is 1. The maximum atomic E-state index is 3.96. The summed E-state index contributed by atoms with van der Waals surface area (Å²) in [5.74, 6) is 0. The van der Waals surface area contributed by atoms with Crippen molar-refractivity contribution in [2.24, 2.45) is 0 Å². The molecule has 1 N–H and O–H groups in total. The Hall–Kier alpha value is -0.510. The third-order valence-corrected chi connectivity index (χ3v) is 2.93. The van der Waals surface area contributed by atoms with Gasteiger partial charge in [0.05, 0.1) is 0 Å². The predicted octanol–water partition coefficient (Wildman–Crippen LogP) is 2.91. The summed E-state index contributed by atoms with van der Waals surface area (Å²) in [6.45, 7) is 4.89. The minimum Gasteiger partial charge on any atom is -0.381 e. The zero-order chi connectivity index (χ0) is 8.55. The monoisotopic (exact) mass is 270 g/mol. The van der Waals surface area contributed by atoms with Gasteiger partial charge in [0.25, 0.3) is 0 Å². The summed E-state index contributed by atoms with van der Waals surface area (Å²) in [5.41, 5.74) is 3.56. The van der Waals surface area contributed by atoms with Gasteiger partial charge in [0, 0.05) is 15.8 Å². The molecular weight excluding hydrogens is 261 g/mol. The first-order chi connectivity index (χ1) is 5.77. The lowest BCUT2D eigenvalue weighted by molar-refractivity contribution is 1.30. The van der Waals surface area contributed by atoms with Crippen molar-refractivity contribution in [1.82, 2.24) is 0 Å². The Bertz CT molecular complexity index is 342. The Morgan fingerprint density at radius 2 is 2.25 bits per heavy atom. The van der Waals surface area contributed by atoms with E-state index in [1.807, 2.05) is 0 Å². The highest BCUT2D eigenvalue weighted by molar-refractivity contribution is 14.1. The zero-order valence-corrected chi connectivity index (χ0v) is 8.76. The Balaban J connectivity index is 2.58. The smallest absolute Gasteiger partial charge is 0.0426 e. The molecule has 1 aliphatic rings. The van der Waals surface area contributed by atoms with E-state index in [-0.39, 0.29) is 0 Å². The van der Waals surface area contributed by atoms with Crippen molar-refractivity contribution in [3.05, 3.63) is 39.8 Å². The summed E-state index contributed by atoms with van der Waals surface area (Å²) < 4.78 is 1.22. The minimum absolute atomic E-state index is 0.930. The van der Waals surface area contributed by atoms with Crippen LogP contribution in [0.1, 0.15) is 11.1 Å². The van der Waals surface area contributed by atoms with Crippen LogP contribution in [0.5, 0.6) is 0 Å². The van der Waals surface area contributed by atoms with Crippen molar-refractivity contribution in [3.8, 4) is 0 Å². The average Bonchev–Trinajstić information content (AvgIpc) is 2.07. The van der Waals surface area contributed by atoms with Gasteiger partial charge in [-0.15, -0.1) is 0 Å². The molecule has 1 aromatic carbocycles. The van der Waals surface area contributed by atoms with Crippen molar-refractivity contribution in [2.45, 2.75) is 0 Å². The number of hydrogen-bond acceptors (Lipinski definition) is 1. The average molecular weight is 270 g/mol. The van der Waals surface area contributed by atoms with E-state index < -0.39 is 0 Å². The first-order valence-corrected chi connectivity index (χ1v) is 4.91. The van der Waals surface area contributed by atoms with Gasteiger partial charge < -0.3 is 5.32 Å². The molecule has 1 aromatic rings. The maximum absolute atomic E-state index is 3.96. The number of hydrogen-bond donors (Lipinski definition) is 1. The van der Waals surface area contributed by atoms with Gasteiger partial charge in [0.2, 0.25) is 0 Å². The van der Waals surface area contributed by atoms with Crippen LogP contribution in [-0.2, 0) is 0 Å². The van der Waals surface area contributed by atoms with E-state index in [0.717, 1.165) is 12.1 Å². The van der Waals surface area contributed by atoms with Crippen LogP contribution in [0.15, 0.2) is 18.2 Å². The van der Waals surface area contributed by atoms with E-state index in [1.54, 1.807) is 0 Å². The fourth-order valence-electron chi connectivity index (χ4n) is 1.28. The second-order valence-corrected chi connectivity index (χ2v) is 3.98. The topological polar surface area (TPSA) is 12.0 Å². The fraction of sp³-hybridized carbons (Fsp3) is 0.100. The highest BCUT2D eigenvalue weighted by atomic mass is 127. The largest absolute Gasteiger partial charge is 0.381 e. The van der Waals surface area contributed by atoms with E-state index in [2.05, 4.69) is 59.1 Å². The van der Waals surface area contributed by atoms with Crippen LogP contribution in [0.4, 0.5) is 5.69 Å². The molecular formula is C10H9IN. The predicted molar refractivity (Wildman–Crippen MR) is 61.1 cm³/mol. The van der Waals surface area contributed by atoms with Crippen LogP contribution in [0.25, 0.3) is 6.08 Å². The molecule has 0 amide bonds. The maximum Gasteiger partial charge on any atom is 0.0426 e. The SMILES string of the molecule is [CH2]c1cc2c(cc1I)NCC=C2. The molecule has 0 saturated heterocycles. The van der Waals surface area contributed by atoms with Crippen LogP contribution in [0.3, 0.4) is 0 Å². The summed E-state index contributed by atoms with van der Waals surface area (Å²) in [4.78, 5) is 0. The van der Waals surface area contributed by atoms with Crippen molar-refractivity contribution < 1.29 is 0 Å². The van der Waals surface area contributed by atoms with Gasteiger partial charge in [0.15, 0.2) is 0 Å². The number of rotatable bonds is 0. The van der Waals surface area contributed by atoms with E-state index in [0.29, 0.717) is 0 Å². The summed E-state index contributed by atoms with van der Waals surface area (Å²) >= 11 is 2.30. The molecule has 0 unspecified atom stereocenters. The second-order valence-electron chi connectivity index (χ2n) is 2.81. The molecule has 1 radical (unpaired) electrons. The third-order valence-electron chi connectivity index (χ3n) is 1.93. The summed E-state index contributed by atoms with van der Waals surface area (Å²) in [6, 6.07) is 4.25. The Labute approximate surface area is 86.0 Å². The molecule has 0 fully saturated rings. The number of benzene rings is 1. The first kappa shape index (κ1) is 8.10. The lowest BCUT2D eigenvalue weighted by Crippen LogP contribution is -2.04. The standard InChI is InChI=1S/C10H9IN/c1-7-5-8-3-2-4-12-10(8)6-9(7)11/h2-3,5-6,12H,1,4H2. The molecule has 61 valence electrons. The second kappa shape index (κ2) is 3.09. The molecule has 0 atom stereocenters. The van der Waals surface area contributed by atoms with Crippen LogP contribution in [0.2, 0.25) is 0 Å². The van der Waals surface area contributed by atoms with Crippen molar-refractivity contribution >= 4 is 34.4 Å². The normalized spacial score (nSPS) is 13.8. The fourth-order valence-corrected chi connectivity index (χ4v) is 1.75. The molecule has 2 heteroatoms. The van der Waals surface area contributed by atoms with Crippen LogP contribution >= 0.6 is 22.6 Å². The number of anilines is 1. The molecule has 1 aliphatic heterocycles. The van der Waals surface area contributed by atoms with Crippen LogP contribution < -0.4 is 5.32 Å². The lowest BCUT2D eigenvalue weighted by atomic mass is 10.1. The van der Waals surface area contributed by atoms with Gasteiger partial charge in [-0.2, -0.15) is 0 Å². The minimum atomic E-state index is 0.930. The number of halogens is 1. The Kier molecular flexibility index (Phi) is 2.09. The first-order valence-electron chi connectivity index (χ1n) is 3.83. The van der Waals surface area contributed by atoms with Gasteiger partial charge in [-0.1, -0.05) is 12.2 Å². The molecule has 2 rings (SSSR count). The molecule has 1 nitrogen and oxygen atoms in total. The molecule has 0 spiro atoms. The van der Waals surface area contributed by atoms with Gasteiger partial charge in [0.1, 0.15) is 0 Å². The van der Waals surface area contributed by atoms with E-state index in [4.69, 9.17) is 0 Å². The molecule has 0 aromatic heterocycles. The van der Waals surface area contributed by atoms with E-state index in [1.165, 1.54) is 14.8 Å². The van der Waals surface area contributed by atoms with Crippen molar-refractivity contribution in [2.75, 3.05) is 11.9 Å². The van der Waals surface area contributed by atoms with Crippen molar-refractivity contribution in [3.63, 3.8) is 0 Å². The number of nitrogens with one attached hydrogen (secondary N) is 1. The zero-order valence-electron chi connectivity index (χ0n) is 6.60. The lowest BCUT2D eigenvalue weighted by Gasteiger charge is -2.14. The van der Waals surface area contributed by atoms with Crippen molar-refractivity contribution in [1.29, 1.82) is 0 Å². The molecule has 0 bridgehead atoms. The molecule has 12 heavy (non-hydrogen) atoms. The quantitative estimate of drug-likeness (QED) is 0.715. The van der Waals surface area contributed by atoms with E-state index in [9.17, 15) is 0 Å². The van der Waals surface area contributed by atoms with Gasteiger partial charge in [-0.25, -0.2) is 0 Å². The van der Waals surface area contributed by atoms with E-state index >= 15 is 0 Å². The van der Waals surface area contributed by atoms with Gasteiger partial charge >= 0.3 is 0 Å². The summed E-state index contributed by atoms with van der Waals surface area (Å²) in [6.07, 6.45) is 4.26. The van der Waals surface area contributed by atoms with Crippen LogP contribution in [0, 0.1) is 10.5 Å². The van der Waals surface area contributed by atoms with Crippen LogP contribution in [-0.4, -0.2) is 6.54 Å². The third kappa shape index (κ3) is 1.35. The highest BCUT2D eigenvalue weighted by Gasteiger charge is 2.05.